The lowest BCUT2D eigenvalue weighted by Crippen LogP contribution is -2.37. The number of carbonyl (C=O) groups is 1. The number of nitrogens with zero attached hydrogens (tertiary/aromatic N) is 1. The second-order valence-corrected chi connectivity index (χ2v) is 4.18. The number of ether oxygens (including phenoxy) is 1. The predicted molar refractivity (Wildman–Crippen MR) is 67.8 cm³/mol. The molecule has 1 unspecified atom stereocenters. The van der Waals surface area contributed by atoms with Gasteiger partial charge in [-0.15, -0.1) is 0 Å². The van der Waals surface area contributed by atoms with Gasteiger partial charge in [0.05, 0.1) is 7.11 Å². The molecule has 0 aliphatic carbocycles. The normalized spacial score (nSPS) is 12.4. The molecule has 0 spiro atoms. The molecular weight excluding hydrogens is 234 g/mol. The smallest absolute Gasteiger partial charge is 0.320 e. The lowest BCUT2D eigenvalue weighted by atomic mass is 10.1. The summed E-state index contributed by atoms with van der Waals surface area (Å²) in [5, 5.41) is 18.5. The molecule has 1 aromatic rings. The lowest BCUT2D eigenvalue weighted by molar-refractivity contribution is -0.143. The Balaban J connectivity index is 2.81. The first-order chi connectivity index (χ1) is 8.49. The predicted octanol–water partition coefficient (Wildman–Crippen LogP) is 1.70. The van der Waals surface area contributed by atoms with Gasteiger partial charge >= 0.3 is 5.97 Å². The fourth-order valence-electron chi connectivity index (χ4n) is 1.89. The number of carboxylic acid groups (broad SMARTS) is 1. The molecule has 0 amide bonds. The van der Waals surface area contributed by atoms with Crippen molar-refractivity contribution < 1.29 is 19.7 Å². The molecule has 0 fully saturated rings. The van der Waals surface area contributed by atoms with E-state index in [4.69, 9.17) is 9.84 Å². The van der Waals surface area contributed by atoms with Crippen LogP contribution in [0.2, 0.25) is 0 Å². The van der Waals surface area contributed by atoms with Crippen molar-refractivity contribution in [3.8, 4) is 11.5 Å². The summed E-state index contributed by atoms with van der Waals surface area (Å²) in [5.74, 6) is -0.357. The van der Waals surface area contributed by atoms with E-state index in [9.17, 15) is 9.90 Å². The van der Waals surface area contributed by atoms with Crippen LogP contribution in [0.1, 0.15) is 18.9 Å². The highest BCUT2D eigenvalue weighted by Gasteiger charge is 2.20. The third-order valence-electron chi connectivity index (χ3n) is 2.88. The topological polar surface area (TPSA) is 70.0 Å². The van der Waals surface area contributed by atoms with E-state index in [0.717, 1.165) is 5.56 Å². The molecule has 0 aliphatic rings. The maximum absolute atomic E-state index is 11.0. The Morgan fingerprint density at radius 3 is 2.67 bits per heavy atom. The number of carboxylic acids is 1. The molecule has 18 heavy (non-hydrogen) atoms. The lowest BCUT2D eigenvalue weighted by Gasteiger charge is -2.23. The highest BCUT2D eigenvalue weighted by atomic mass is 16.5. The molecular formula is C13H19NO4. The summed E-state index contributed by atoms with van der Waals surface area (Å²) < 4.78 is 5.02. The number of methoxy groups -OCH3 is 1. The average Bonchev–Trinajstić information content (AvgIpc) is 2.32. The highest BCUT2D eigenvalue weighted by molar-refractivity contribution is 5.73. The van der Waals surface area contributed by atoms with E-state index in [0.29, 0.717) is 18.7 Å². The molecule has 5 heteroatoms. The van der Waals surface area contributed by atoms with Crippen LogP contribution in [0.3, 0.4) is 0 Å². The number of phenols is 1. The zero-order chi connectivity index (χ0) is 13.7. The van der Waals surface area contributed by atoms with Crippen molar-refractivity contribution in [1.82, 2.24) is 4.90 Å². The summed E-state index contributed by atoms with van der Waals surface area (Å²) in [7, 11) is 3.25. The Labute approximate surface area is 107 Å². The highest BCUT2D eigenvalue weighted by Crippen LogP contribution is 2.26. The Morgan fingerprint density at radius 1 is 1.50 bits per heavy atom. The van der Waals surface area contributed by atoms with Crippen LogP contribution in [0, 0.1) is 0 Å². The van der Waals surface area contributed by atoms with Crippen molar-refractivity contribution >= 4 is 5.97 Å². The van der Waals surface area contributed by atoms with Crippen LogP contribution in [-0.2, 0) is 11.3 Å². The summed E-state index contributed by atoms with van der Waals surface area (Å²) in [6, 6.07) is 4.50. The summed E-state index contributed by atoms with van der Waals surface area (Å²) in [5.41, 5.74) is 0.895. The van der Waals surface area contributed by atoms with Gasteiger partial charge in [0.15, 0.2) is 11.5 Å². The largest absolute Gasteiger partial charge is 0.504 e. The van der Waals surface area contributed by atoms with Gasteiger partial charge in [0.1, 0.15) is 6.04 Å². The minimum absolute atomic E-state index is 0.0779. The summed E-state index contributed by atoms with van der Waals surface area (Å²) in [4.78, 5) is 12.8. The number of aromatic hydroxyl groups is 1. The van der Waals surface area contributed by atoms with Gasteiger partial charge in [-0.1, -0.05) is 13.0 Å². The first-order valence-electron chi connectivity index (χ1n) is 5.78. The van der Waals surface area contributed by atoms with Gasteiger partial charge in [-0.3, -0.25) is 9.69 Å². The van der Waals surface area contributed by atoms with Gasteiger partial charge in [0.2, 0.25) is 0 Å². The third-order valence-corrected chi connectivity index (χ3v) is 2.88. The van der Waals surface area contributed by atoms with E-state index in [1.807, 2.05) is 6.92 Å². The Hall–Kier alpha value is -1.75. The fourth-order valence-corrected chi connectivity index (χ4v) is 1.89. The first kappa shape index (κ1) is 14.3. The van der Waals surface area contributed by atoms with Crippen LogP contribution in [0.4, 0.5) is 0 Å². The van der Waals surface area contributed by atoms with Crippen molar-refractivity contribution in [3.05, 3.63) is 23.8 Å². The van der Waals surface area contributed by atoms with Crippen LogP contribution in [0.15, 0.2) is 18.2 Å². The molecule has 1 atom stereocenters. The molecule has 5 nitrogen and oxygen atoms in total. The van der Waals surface area contributed by atoms with Crippen molar-refractivity contribution in [2.45, 2.75) is 25.9 Å². The maximum Gasteiger partial charge on any atom is 0.320 e. The average molecular weight is 253 g/mol. The van der Waals surface area contributed by atoms with Crippen LogP contribution < -0.4 is 4.74 Å². The fraction of sp³-hybridized carbons (Fsp3) is 0.462. The molecule has 100 valence electrons. The molecule has 1 aromatic carbocycles. The van der Waals surface area contributed by atoms with Crippen LogP contribution in [0.25, 0.3) is 0 Å². The first-order valence-corrected chi connectivity index (χ1v) is 5.78. The van der Waals surface area contributed by atoms with E-state index in [1.54, 1.807) is 30.1 Å². The van der Waals surface area contributed by atoms with E-state index in [1.165, 1.54) is 7.11 Å². The molecule has 0 saturated heterocycles. The van der Waals surface area contributed by atoms with Crippen molar-refractivity contribution in [1.29, 1.82) is 0 Å². The number of benzene rings is 1. The number of hydrogen-bond donors (Lipinski definition) is 2. The molecule has 0 bridgehead atoms. The maximum atomic E-state index is 11.0. The standard InChI is InChI=1S/C13H19NO4/c1-4-10(13(16)17)14(2)8-9-5-6-11(15)12(7-9)18-3/h5-7,10,15H,4,8H2,1-3H3,(H,16,17). The van der Waals surface area contributed by atoms with Crippen LogP contribution in [0.5, 0.6) is 11.5 Å². The number of aliphatic carboxylic acids is 1. The Morgan fingerprint density at radius 2 is 2.17 bits per heavy atom. The second-order valence-electron chi connectivity index (χ2n) is 4.18. The minimum Gasteiger partial charge on any atom is -0.504 e. The second kappa shape index (κ2) is 6.26. The summed E-state index contributed by atoms with van der Waals surface area (Å²) in [6.07, 6.45) is 0.543. The zero-order valence-corrected chi connectivity index (χ0v) is 10.9. The molecule has 0 aliphatic heterocycles. The monoisotopic (exact) mass is 253 g/mol. The van der Waals surface area contributed by atoms with E-state index in [2.05, 4.69) is 0 Å². The molecule has 1 rings (SSSR count). The van der Waals surface area contributed by atoms with Crippen LogP contribution >= 0.6 is 0 Å². The number of likely N-dealkylation sites (N-methyl/N-ethyl adjacent to an activating group) is 1. The van der Waals surface area contributed by atoms with Gasteiger partial charge in [-0.05, 0) is 31.2 Å². The Kier molecular flexibility index (Phi) is 4.97. The quantitative estimate of drug-likeness (QED) is 0.807. The van der Waals surface area contributed by atoms with E-state index in [-0.39, 0.29) is 5.75 Å². The van der Waals surface area contributed by atoms with E-state index >= 15 is 0 Å². The zero-order valence-electron chi connectivity index (χ0n) is 10.9. The Bertz CT molecular complexity index is 419. The van der Waals surface area contributed by atoms with Crippen molar-refractivity contribution in [3.63, 3.8) is 0 Å². The summed E-state index contributed by atoms with van der Waals surface area (Å²) in [6.45, 7) is 2.33. The number of phenolic OH excluding ortho intramolecular Hbond substituents is 1. The van der Waals surface area contributed by atoms with Crippen molar-refractivity contribution in [2.24, 2.45) is 0 Å². The van der Waals surface area contributed by atoms with Gasteiger partial charge < -0.3 is 14.9 Å². The molecule has 0 aromatic heterocycles. The minimum atomic E-state index is -0.828. The molecule has 0 heterocycles. The van der Waals surface area contributed by atoms with Gasteiger partial charge in [-0.2, -0.15) is 0 Å². The van der Waals surface area contributed by atoms with Gasteiger partial charge in [0, 0.05) is 6.54 Å². The molecule has 0 saturated carbocycles. The third kappa shape index (κ3) is 3.37. The van der Waals surface area contributed by atoms with E-state index < -0.39 is 12.0 Å². The van der Waals surface area contributed by atoms with Gasteiger partial charge in [-0.25, -0.2) is 0 Å². The molecule has 0 radical (unpaired) electrons. The van der Waals surface area contributed by atoms with Crippen LogP contribution in [-0.4, -0.2) is 41.3 Å². The SMILES string of the molecule is CCC(C(=O)O)N(C)Cc1ccc(O)c(OC)c1. The summed E-state index contributed by atoms with van der Waals surface area (Å²) >= 11 is 0. The molecule has 2 N–H and O–H groups in total. The van der Waals surface area contributed by atoms with Gasteiger partial charge in [0.25, 0.3) is 0 Å². The number of rotatable bonds is 6. The number of hydrogen-bond acceptors (Lipinski definition) is 4. The van der Waals surface area contributed by atoms with Crippen molar-refractivity contribution in [2.75, 3.05) is 14.2 Å².